The van der Waals surface area contributed by atoms with E-state index in [1.165, 1.54) is 10.8 Å². The molecule has 3 rings (SSSR count). The summed E-state index contributed by atoms with van der Waals surface area (Å²) >= 11 is 0. The predicted molar refractivity (Wildman–Crippen MR) is 74.1 cm³/mol. The number of hydrogen-bond donors (Lipinski definition) is 2. The van der Waals surface area contributed by atoms with Crippen LogP contribution in [-0.4, -0.2) is 9.97 Å². The lowest BCUT2D eigenvalue weighted by atomic mass is 10.1. The Hall–Kier alpha value is -2.13. The van der Waals surface area contributed by atoms with Gasteiger partial charge in [-0.1, -0.05) is 36.4 Å². The summed E-state index contributed by atoms with van der Waals surface area (Å²) in [5, 5.41) is 2.47. The molecule has 1 heterocycles. The van der Waals surface area contributed by atoms with E-state index in [9.17, 15) is 0 Å². The van der Waals surface area contributed by atoms with Crippen LogP contribution in [0.15, 0.2) is 48.7 Å². The minimum atomic E-state index is -0.0702. The lowest BCUT2D eigenvalue weighted by molar-refractivity contribution is 0.756. The van der Waals surface area contributed by atoms with E-state index in [4.69, 9.17) is 5.73 Å². The second kappa shape index (κ2) is 4.27. The molecule has 3 aromatic rings. The van der Waals surface area contributed by atoms with Crippen LogP contribution in [0.25, 0.3) is 22.0 Å². The van der Waals surface area contributed by atoms with E-state index in [0.29, 0.717) is 0 Å². The van der Waals surface area contributed by atoms with Gasteiger partial charge in [-0.05, 0) is 23.8 Å². The number of benzene rings is 2. The molecule has 1 aromatic heterocycles. The molecule has 1 unspecified atom stereocenters. The van der Waals surface area contributed by atoms with Gasteiger partial charge >= 0.3 is 0 Å². The van der Waals surface area contributed by atoms with E-state index < -0.39 is 0 Å². The number of imidazole rings is 1. The molecule has 2 aromatic carbocycles. The first kappa shape index (κ1) is 11.0. The van der Waals surface area contributed by atoms with E-state index in [1.807, 2.05) is 25.3 Å². The van der Waals surface area contributed by atoms with Crippen LogP contribution in [0.5, 0.6) is 0 Å². The summed E-state index contributed by atoms with van der Waals surface area (Å²) in [5.74, 6) is 0.818. The lowest BCUT2D eigenvalue weighted by Gasteiger charge is -2.02. The topological polar surface area (TPSA) is 54.7 Å². The van der Waals surface area contributed by atoms with Crippen molar-refractivity contribution in [3.05, 3.63) is 54.5 Å². The van der Waals surface area contributed by atoms with Gasteiger partial charge in [-0.15, -0.1) is 0 Å². The molecular weight excluding hydrogens is 222 g/mol. The number of aromatic nitrogens is 2. The number of nitrogens with two attached hydrogens (primary N) is 1. The second-order valence-electron chi connectivity index (χ2n) is 4.53. The van der Waals surface area contributed by atoms with Gasteiger partial charge in [-0.25, -0.2) is 4.98 Å². The molecule has 0 aliphatic heterocycles. The third-order valence-corrected chi connectivity index (χ3v) is 3.09. The maximum Gasteiger partial charge on any atom is 0.123 e. The molecule has 3 N–H and O–H groups in total. The number of H-pyrrole nitrogens is 1. The Labute approximate surface area is 106 Å². The Bertz CT molecular complexity index is 683. The van der Waals surface area contributed by atoms with Crippen molar-refractivity contribution in [3.63, 3.8) is 0 Å². The highest BCUT2D eigenvalue weighted by Crippen LogP contribution is 2.23. The molecule has 0 aliphatic carbocycles. The van der Waals surface area contributed by atoms with Crippen LogP contribution in [0.4, 0.5) is 0 Å². The molecule has 0 saturated heterocycles. The molecule has 0 fully saturated rings. The van der Waals surface area contributed by atoms with E-state index in [2.05, 4.69) is 40.3 Å². The Morgan fingerprint density at radius 2 is 1.89 bits per heavy atom. The normalized spacial score (nSPS) is 12.8. The van der Waals surface area contributed by atoms with Gasteiger partial charge < -0.3 is 10.7 Å². The zero-order chi connectivity index (χ0) is 12.5. The van der Waals surface area contributed by atoms with Gasteiger partial charge in [-0.2, -0.15) is 0 Å². The first-order chi connectivity index (χ1) is 8.74. The summed E-state index contributed by atoms with van der Waals surface area (Å²) in [5.41, 5.74) is 7.94. The van der Waals surface area contributed by atoms with Crippen molar-refractivity contribution in [1.82, 2.24) is 9.97 Å². The zero-order valence-electron chi connectivity index (χ0n) is 10.2. The molecule has 3 heteroatoms. The Morgan fingerprint density at radius 3 is 2.61 bits per heavy atom. The fourth-order valence-corrected chi connectivity index (χ4v) is 2.07. The van der Waals surface area contributed by atoms with E-state index in [1.54, 1.807) is 0 Å². The van der Waals surface area contributed by atoms with Crippen LogP contribution in [0, 0.1) is 0 Å². The molecule has 18 heavy (non-hydrogen) atoms. The van der Waals surface area contributed by atoms with Gasteiger partial charge in [0.1, 0.15) is 5.82 Å². The van der Waals surface area contributed by atoms with E-state index >= 15 is 0 Å². The monoisotopic (exact) mass is 237 g/mol. The highest BCUT2D eigenvalue weighted by Gasteiger charge is 2.06. The molecule has 90 valence electrons. The number of nitrogens with zero attached hydrogens (tertiary/aromatic N) is 1. The second-order valence-corrected chi connectivity index (χ2v) is 4.53. The first-order valence-corrected chi connectivity index (χ1v) is 6.04. The number of aromatic amines is 1. The molecule has 0 bridgehead atoms. The minimum absolute atomic E-state index is 0.0702. The zero-order valence-corrected chi connectivity index (χ0v) is 10.2. The molecule has 0 radical (unpaired) electrons. The first-order valence-electron chi connectivity index (χ1n) is 6.04. The van der Waals surface area contributed by atoms with E-state index in [-0.39, 0.29) is 6.04 Å². The number of rotatable bonds is 2. The molecule has 0 saturated carbocycles. The van der Waals surface area contributed by atoms with Crippen LogP contribution in [0.1, 0.15) is 18.8 Å². The van der Waals surface area contributed by atoms with Crippen LogP contribution < -0.4 is 5.73 Å². The van der Waals surface area contributed by atoms with Gasteiger partial charge in [0.2, 0.25) is 0 Å². The van der Waals surface area contributed by atoms with E-state index in [0.717, 1.165) is 17.1 Å². The summed E-state index contributed by atoms with van der Waals surface area (Å²) in [7, 11) is 0. The van der Waals surface area contributed by atoms with Crippen molar-refractivity contribution in [2.75, 3.05) is 0 Å². The van der Waals surface area contributed by atoms with Gasteiger partial charge in [0.25, 0.3) is 0 Å². The summed E-state index contributed by atoms with van der Waals surface area (Å²) in [4.78, 5) is 7.55. The summed E-state index contributed by atoms with van der Waals surface area (Å²) in [6.45, 7) is 1.92. The number of nitrogens with one attached hydrogen (secondary N) is 1. The highest BCUT2D eigenvalue weighted by atomic mass is 14.9. The third-order valence-electron chi connectivity index (χ3n) is 3.09. The quantitative estimate of drug-likeness (QED) is 0.718. The number of hydrogen-bond acceptors (Lipinski definition) is 2. The van der Waals surface area contributed by atoms with Crippen molar-refractivity contribution < 1.29 is 0 Å². The fourth-order valence-electron chi connectivity index (χ4n) is 2.07. The number of fused-ring (bicyclic) bond motifs is 1. The molecular formula is C15H15N3. The van der Waals surface area contributed by atoms with Crippen LogP contribution >= 0.6 is 0 Å². The maximum absolute atomic E-state index is 5.80. The summed E-state index contributed by atoms with van der Waals surface area (Å²) in [6.07, 6.45) is 1.84. The SMILES string of the molecule is CC(N)c1ncc(-c2ccc3ccccc3c2)[nH]1. The third kappa shape index (κ3) is 1.89. The predicted octanol–water partition coefficient (Wildman–Crippen LogP) is 3.25. The summed E-state index contributed by atoms with van der Waals surface area (Å²) < 4.78 is 0. The Kier molecular flexibility index (Phi) is 2.61. The molecule has 0 spiro atoms. The van der Waals surface area contributed by atoms with Crippen LogP contribution in [0.3, 0.4) is 0 Å². The molecule has 0 aliphatic rings. The lowest BCUT2D eigenvalue weighted by Crippen LogP contribution is -2.06. The van der Waals surface area contributed by atoms with Crippen molar-refractivity contribution in [2.45, 2.75) is 13.0 Å². The largest absolute Gasteiger partial charge is 0.341 e. The standard InChI is InChI=1S/C15H15N3/c1-10(16)15-17-9-14(18-15)13-7-6-11-4-2-3-5-12(11)8-13/h2-10H,16H2,1H3,(H,17,18). The van der Waals surface area contributed by atoms with Gasteiger partial charge in [0.15, 0.2) is 0 Å². The smallest absolute Gasteiger partial charge is 0.123 e. The van der Waals surface area contributed by atoms with Crippen molar-refractivity contribution in [1.29, 1.82) is 0 Å². The van der Waals surface area contributed by atoms with Gasteiger partial charge in [0.05, 0.1) is 17.9 Å². The average molecular weight is 237 g/mol. The van der Waals surface area contributed by atoms with Crippen LogP contribution in [0.2, 0.25) is 0 Å². The van der Waals surface area contributed by atoms with Gasteiger partial charge in [-0.3, -0.25) is 0 Å². The maximum atomic E-state index is 5.80. The molecule has 1 atom stereocenters. The highest BCUT2D eigenvalue weighted by molar-refractivity contribution is 5.86. The molecule has 0 amide bonds. The summed E-state index contributed by atoms with van der Waals surface area (Å²) in [6, 6.07) is 14.6. The van der Waals surface area contributed by atoms with Crippen molar-refractivity contribution in [3.8, 4) is 11.3 Å². The fraction of sp³-hybridized carbons (Fsp3) is 0.133. The van der Waals surface area contributed by atoms with Crippen molar-refractivity contribution >= 4 is 10.8 Å². The van der Waals surface area contributed by atoms with Crippen molar-refractivity contribution in [2.24, 2.45) is 5.73 Å². The van der Waals surface area contributed by atoms with Gasteiger partial charge in [0, 0.05) is 5.56 Å². The minimum Gasteiger partial charge on any atom is -0.341 e. The Balaban J connectivity index is 2.07. The van der Waals surface area contributed by atoms with Crippen LogP contribution in [-0.2, 0) is 0 Å². The molecule has 3 nitrogen and oxygen atoms in total. The Morgan fingerprint density at radius 1 is 1.11 bits per heavy atom. The average Bonchev–Trinajstić information content (AvgIpc) is 2.88.